The molecule has 0 saturated heterocycles. The van der Waals surface area contributed by atoms with Gasteiger partial charge in [0.1, 0.15) is 0 Å². The molecule has 0 aliphatic rings. The van der Waals surface area contributed by atoms with Crippen LogP contribution < -0.4 is 0 Å². The van der Waals surface area contributed by atoms with E-state index < -0.39 is 0 Å². The number of nitrogens with zero attached hydrogens (tertiary/aromatic N) is 11. The van der Waals surface area contributed by atoms with E-state index in [1.807, 2.05) is 132 Å². The van der Waals surface area contributed by atoms with E-state index in [0.29, 0.717) is 29.1 Å². The van der Waals surface area contributed by atoms with Gasteiger partial charge in [-0.3, -0.25) is 19.4 Å². The minimum Gasteiger partial charge on any atom is -0.291 e. The zero-order valence-corrected chi connectivity index (χ0v) is 76.3. The van der Waals surface area contributed by atoms with Gasteiger partial charge < -0.3 is 0 Å². The second kappa shape index (κ2) is 36.6. The van der Waals surface area contributed by atoms with Crippen molar-refractivity contribution in [2.24, 2.45) is 0 Å². The Balaban J connectivity index is 0.000000111. The first kappa shape index (κ1) is 83.7. The molecule has 7 heterocycles. The zero-order chi connectivity index (χ0) is 93.5. The number of benzene rings is 20. The molecule has 20 aromatic carbocycles. The maximum Gasteiger partial charge on any atom is 0.234 e. The molecule has 0 atom stereocenters. The van der Waals surface area contributed by atoms with Crippen LogP contribution in [0.25, 0.3) is 260 Å². The summed E-state index contributed by atoms with van der Waals surface area (Å²) in [5.41, 5.74) is 29.1. The molecule has 27 aromatic rings. The fourth-order valence-electron chi connectivity index (χ4n) is 20.3. The highest BCUT2D eigenvalue weighted by atomic mass is 15.1. The smallest absolute Gasteiger partial charge is 0.234 e. The second-order valence-electron chi connectivity index (χ2n) is 35.2. The first-order valence-electron chi connectivity index (χ1n) is 47.4. The summed E-state index contributed by atoms with van der Waals surface area (Å²) in [5, 5.41) is 17.4. The lowest BCUT2D eigenvalue weighted by Crippen LogP contribution is -2.00. The fourth-order valence-corrected chi connectivity index (χ4v) is 20.3. The fraction of sp³-hybridized carbons (Fsp3) is 0. The maximum absolute atomic E-state index is 5.17. The third-order valence-electron chi connectivity index (χ3n) is 26.8. The summed E-state index contributed by atoms with van der Waals surface area (Å²) in [7, 11) is 0. The van der Waals surface area contributed by atoms with E-state index in [1.165, 1.54) is 71.4 Å². The lowest BCUT2D eigenvalue weighted by atomic mass is 9.84. The highest BCUT2D eigenvalue weighted by Gasteiger charge is 2.27. The molecule has 11 nitrogen and oxygen atoms in total. The molecule has 658 valence electrons. The van der Waals surface area contributed by atoms with Crippen molar-refractivity contribution >= 4 is 103 Å². The summed E-state index contributed by atoms with van der Waals surface area (Å²) in [6.07, 6.45) is 11.4. The third kappa shape index (κ3) is 15.8. The van der Waals surface area contributed by atoms with Gasteiger partial charge in [-0.05, 0) is 175 Å². The lowest BCUT2D eigenvalue weighted by molar-refractivity contribution is 1.07. The van der Waals surface area contributed by atoms with Crippen LogP contribution in [-0.2, 0) is 0 Å². The molecule has 0 radical (unpaired) electrons. The largest absolute Gasteiger partial charge is 0.291 e. The number of imidazole rings is 1. The van der Waals surface area contributed by atoms with Gasteiger partial charge in [0.05, 0.1) is 33.6 Å². The summed E-state index contributed by atoms with van der Waals surface area (Å²) in [5.74, 6) is 3.31. The van der Waals surface area contributed by atoms with Gasteiger partial charge in [-0.1, -0.05) is 419 Å². The standard InChI is InChI=1S/C45H29N3.C44H28N4.C41H26N4/c1-5-14-30(15-6-1)39-29-40(31-16-7-2-8-17-31)48-45(47-39)35-24-25-36-38(28-35)41(32-18-9-3-10-19-32)37-26-23-34-22-13-27-46-44(34)43(37)42(36)33-20-11-4-12-21-33;1-5-14-29(15-6-1)38-36-26-23-31-22-13-27-45-41(31)40(36)39(30-16-7-2-8-17-30)35-25-24-34(28-37(35)38)44-47-42(32-18-9-3-10-19-32)46-43(48-44)33-20-11-4-12-21-33;1-3-9-29(10-4-1)37-34-21-18-31-13-7-22-42-40(31)39(34)38(30-11-5-2-6-12-30)33-20-19-32(25-35(33)37)27-14-16-28(17-15-27)36-26-45-24-8-23-43-41(45)44-36/h1-29H;1-28H;1-26H. The first-order valence-corrected chi connectivity index (χ1v) is 47.4. The number of hydrogen-bond acceptors (Lipinski definition) is 10. The summed E-state index contributed by atoms with van der Waals surface area (Å²) in [4.78, 5) is 49.3. The SMILES string of the molecule is c1ccc(-c2c3cc(-c4ccc(-c5cn6cccnc6n5)cc4)ccc3c(-c3ccccc3)c3c2ccc2cccnc23)cc1.c1ccc(-c2cc(-c3ccccc3)nc(-c3ccc4c(-c5ccccc5)c5c(ccc6cccnc65)c(-c5ccccc5)c4c3)n2)cc1.c1ccc(-c2nc(-c3ccccc3)nc(-c3ccc4c(-c5ccccc5)c5c(ccc6cccnc65)c(-c5ccccc5)c4c3)n2)cc1. The van der Waals surface area contributed by atoms with Crippen LogP contribution in [0.5, 0.6) is 0 Å². The van der Waals surface area contributed by atoms with Gasteiger partial charge in [-0.15, -0.1) is 0 Å². The Morgan fingerprint density at radius 1 is 0.156 bits per heavy atom. The highest BCUT2D eigenvalue weighted by Crippen LogP contribution is 2.52. The highest BCUT2D eigenvalue weighted by molar-refractivity contribution is 6.31. The second-order valence-corrected chi connectivity index (χ2v) is 35.2. The molecule has 11 heteroatoms. The van der Waals surface area contributed by atoms with E-state index in [-0.39, 0.29) is 0 Å². The molecule has 0 amide bonds. The average Bonchev–Trinajstić information content (AvgIpc) is 1.15. The van der Waals surface area contributed by atoms with E-state index in [4.69, 9.17) is 44.9 Å². The minimum atomic E-state index is 0.630. The Kier molecular flexibility index (Phi) is 21.7. The predicted octanol–water partition coefficient (Wildman–Crippen LogP) is 33.0. The molecule has 0 aliphatic heterocycles. The quantitative estimate of drug-likeness (QED) is 0.0765. The van der Waals surface area contributed by atoms with Crippen LogP contribution in [0.15, 0.2) is 504 Å². The van der Waals surface area contributed by atoms with Crippen LogP contribution in [0.1, 0.15) is 0 Å². The van der Waals surface area contributed by atoms with Gasteiger partial charge in [-0.2, -0.15) is 0 Å². The number of fused-ring (bicyclic) bond motifs is 13. The van der Waals surface area contributed by atoms with Crippen molar-refractivity contribution in [2.75, 3.05) is 0 Å². The van der Waals surface area contributed by atoms with Crippen LogP contribution >= 0.6 is 0 Å². The topological polar surface area (TPSA) is 133 Å². The van der Waals surface area contributed by atoms with Crippen molar-refractivity contribution in [1.29, 1.82) is 0 Å². The van der Waals surface area contributed by atoms with Crippen molar-refractivity contribution in [1.82, 2.24) is 54.2 Å². The third-order valence-corrected chi connectivity index (χ3v) is 26.8. The number of rotatable bonds is 14. The minimum absolute atomic E-state index is 0.630. The Morgan fingerprint density at radius 3 is 0.773 bits per heavy atom. The maximum atomic E-state index is 5.17. The lowest BCUT2D eigenvalue weighted by Gasteiger charge is -2.19. The van der Waals surface area contributed by atoms with Crippen molar-refractivity contribution in [2.45, 2.75) is 0 Å². The molecule has 7 aromatic heterocycles. The van der Waals surface area contributed by atoms with E-state index in [0.717, 1.165) is 160 Å². The first-order chi connectivity index (χ1) is 69.9. The average molecular weight is 1800 g/mol. The molecule has 0 bridgehead atoms. The Bertz CT molecular complexity index is 8900. The van der Waals surface area contributed by atoms with Gasteiger partial charge in [0.25, 0.3) is 0 Å². The predicted molar refractivity (Wildman–Crippen MR) is 582 cm³/mol. The van der Waals surface area contributed by atoms with Gasteiger partial charge >= 0.3 is 0 Å². The molecule has 0 saturated carbocycles. The van der Waals surface area contributed by atoms with Gasteiger partial charge in [0.15, 0.2) is 23.3 Å². The molecule has 0 spiro atoms. The summed E-state index contributed by atoms with van der Waals surface area (Å²) < 4.78 is 1.95. The molecule has 0 aliphatic carbocycles. The van der Waals surface area contributed by atoms with Crippen molar-refractivity contribution in [3.8, 4) is 157 Å². The summed E-state index contributed by atoms with van der Waals surface area (Å²) in [6, 6.07) is 164. The molecule has 0 N–H and O–H groups in total. The number of pyridine rings is 3. The van der Waals surface area contributed by atoms with Crippen LogP contribution in [0.3, 0.4) is 0 Å². The Labute approximate surface area is 813 Å². The van der Waals surface area contributed by atoms with Crippen LogP contribution in [0.4, 0.5) is 0 Å². The van der Waals surface area contributed by atoms with Crippen LogP contribution in [0.2, 0.25) is 0 Å². The molecular weight excluding hydrogens is 1720 g/mol. The van der Waals surface area contributed by atoms with Gasteiger partial charge in [0.2, 0.25) is 5.78 Å². The van der Waals surface area contributed by atoms with Crippen LogP contribution in [-0.4, -0.2) is 54.2 Å². The molecule has 141 heavy (non-hydrogen) atoms. The summed E-state index contributed by atoms with van der Waals surface area (Å²) in [6.45, 7) is 0. The summed E-state index contributed by atoms with van der Waals surface area (Å²) >= 11 is 0. The molecule has 27 rings (SSSR count). The van der Waals surface area contributed by atoms with E-state index in [1.54, 1.807) is 6.20 Å². The number of hydrogen-bond donors (Lipinski definition) is 0. The monoisotopic (exact) mass is 1800 g/mol. The van der Waals surface area contributed by atoms with Crippen LogP contribution in [0, 0.1) is 0 Å². The molecule has 0 fully saturated rings. The Hall–Kier alpha value is -19.1. The molecule has 0 unspecified atom stereocenters. The Morgan fingerprint density at radius 2 is 0.426 bits per heavy atom. The van der Waals surface area contributed by atoms with Gasteiger partial charge in [-0.25, -0.2) is 34.9 Å². The van der Waals surface area contributed by atoms with E-state index in [2.05, 4.69) is 375 Å². The van der Waals surface area contributed by atoms with Gasteiger partial charge in [0, 0.05) is 108 Å². The van der Waals surface area contributed by atoms with E-state index in [9.17, 15) is 0 Å². The zero-order valence-electron chi connectivity index (χ0n) is 76.3. The number of aromatic nitrogens is 11. The van der Waals surface area contributed by atoms with E-state index >= 15 is 0 Å². The van der Waals surface area contributed by atoms with Crippen molar-refractivity contribution in [3.05, 3.63) is 504 Å². The normalized spacial score (nSPS) is 11.4. The molecular formula is C130H83N11. The van der Waals surface area contributed by atoms with Crippen molar-refractivity contribution < 1.29 is 0 Å². The van der Waals surface area contributed by atoms with Crippen molar-refractivity contribution in [3.63, 3.8) is 0 Å².